The topological polar surface area (TPSA) is 56.3 Å². The van der Waals surface area contributed by atoms with Crippen LogP contribution in [0.3, 0.4) is 0 Å². The highest BCUT2D eigenvalue weighted by atomic mass is 32.2. The highest BCUT2D eigenvalue weighted by molar-refractivity contribution is 7.99. The summed E-state index contributed by atoms with van der Waals surface area (Å²) in [6.45, 7) is 2.64. The second-order valence-electron chi connectivity index (χ2n) is 5.73. The molecular formula is C15H22N4O2S. The average Bonchev–Trinajstić information content (AvgIpc) is 3.10. The lowest BCUT2D eigenvalue weighted by molar-refractivity contribution is -0.00350. The van der Waals surface area contributed by atoms with Crippen LogP contribution in [0, 0.1) is 0 Å². The van der Waals surface area contributed by atoms with Gasteiger partial charge >= 0.3 is 0 Å². The number of likely N-dealkylation sites (N-methyl/N-ethyl adjacent to an activating group) is 1. The standard InChI is InChI=1S/C15H22N4O2S/c1-18(9-12-5-3-4-8-20-12)10-13-6-7-14(21-13)22-15-17-16-11-19(15)2/h6-7,11-12H,3-5,8-10H2,1-2H3/t12-/m0/s1. The summed E-state index contributed by atoms with van der Waals surface area (Å²) in [5.74, 6) is 0.961. The second kappa shape index (κ2) is 7.30. The molecule has 7 heteroatoms. The lowest BCUT2D eigenvalue weighted by Gasteiger charge is -2.26. The Morgan fingerprint density at radius 2 is 2.32 bits per heavy atom. The molecule has 3 rings (SSSR count). The van der Waals surface area contributed by atoms with Gasteiger partial charge in [0, 0.05) is 20.2 Å². The van der Waals surface area contributed by atoms with Crippen LogP contribution in [0.5, 0.6) is 0 Å². The van der Waals surface area contributed by atoms with Crippen LogP contribution in [-0.2, 0) is 18.3 Å². The van der Waals surface area contributed by atoms with E-state index in [-0.39, 0.29) is 0 Å². The van der Waals surface area contributed by atoms with E-state index in [4.69, 9.17) is 9.15 Å². The Balaban J connectivity index is 1.51. The molecule has 0 aliphatic carbocycles. The Hall–Kier alpha value is -1.31. The van der Waals surface area contributed by atoms with Crippen molar-refractivity contribution in [2.75, 3.05) is 20.2 Å². The molecule has 22 heavy (non-hydrogen) atoms. The number of aromatic nitrogens is 3. The molecule has 0 saturated carbocycles. The van der Waals surface area contributed by atoms with Crippen molar-refractivity contribution >= 4 is 11.8 Å². The van der Waals surface area contributed by atoms with Gasteiger partial charge in [0.25, 0.3) is 0 Å². The SMILES string of the molecule is CN(Cc1ccc(Sc2nncn2C)o1)C[C@@H]1CCCCO1. The van der Waals surface area contributed by atoms with Gasteiger partial charge in [-0.3, -0.25) is 4.90 Å². The third-order valence-corrected chi connectivity index (χ3v) is 4.69. The van der Waals surface area contributed by atoms with Crippen LogP contribution in [0.4, 0.5) is 0 Å². The fourth-order valence-corrected chi connectivity index (χ4v) is 3.33. The molecule has 1 aliphatic rings. The van der Waals surface area contributed by atoms with Gasteiger partial charge in [-0.15, -0.1) is 10.2 Å². The molecule has 0 amide bonds. The highest BCUT2D eigenvalue weighted by Gasteiger charge is 2.17. The first-order valence-electron chi connectivity index (χ1n) is 7.61. The number of aryl methyl sites for hydroxylation is 1. The summed E-state index contributed by atoms with van der Waals surface area (Å²) in [6.07, 6.45) is 5.68. The summed E-state index contributed by atoms with van der Waals surface area (Å²) in [7, 11) is 4.03. The Bertz CT molecular complexity index is 592. The van der Waals surface area contributed by atoms with Crippen LogP contribution in [-0.4, -0.2) is 46.0 Å². The quantitative estimate of drug-likeness (QED) is 0.815. The molecule has 1 aliphatic heterocycles. The lowest BCUT2D eigenvalue weighted by Crippen LogP contribution is -2.32. The molecule has 6 nitrogen and oxygen atoms in total. The summed E-state index contributed by atoms with van der Waals surface area (Å²) in [4.78, 5) is 2.26. The molecule has 1 atom stereocenters. The number of nitrogens with zero attached hydrogens (tertiary/aromatic N) is 4. The van der Waals surface area contributed by atoms with E-state index in [1.807, 2.05) is 23.7 Å². The highest BCUT2D eigenvalue weighted by Crippen LogP contribution is 2.27. The molecule has 0 unspecified atom stereocenters. The minimum atomic E-state index is 0.362. The Morgan fingerprint density at radius 3 is 3.05 bits per heavy atom. The first-order chi connectivity index (χ1) is 10.7. The van der Waals surface area contributed by atoms with Crippen LogP contribution in [0.25, 0.3) is 0 Å². The van der Waals surface area contributed by atoms with E-state index < -0.39 is 0 Å². The average molecular weight is 322 g/mol. The molecule has 0 aromatic carbocycles. The van der Waals surface area contributed by atoms with Gasteiger partial charge in [0.15, 0.2) is 10.2 Å². The van der Waals surface area contributed by atoms with Crippen molar-refractivity contribution in [2.45, 2.75) is 42.2 Å². The van der Waals surface area contributed by atoms with E-state index in [0.717, 1.165) is 42.1 Å². The van der Waals surface area contributed by atoms with E-state index in [0.29, 0.717) is 6.10 Å². The van der Waals surface area contributed by atoms with Crippen molar-refractivity contribution in [3.63, 3.8) is 0 Å². The maximum Gasteiger partial charge on any atom is 0.198 e. The smallest absolute Gasteiger partial charge is 0.198 e. The summed E-state index contributed by atoms with van der Waals surface area (Å²) in [5.41, 5.74) is 0. The van der Waals surface area contributed by atoms with Crippen molar-refractivity contribution in [2.24, 2.45) is 7.05 Å². The molecule has 0 radical (unpaired) electrons. The molecule has 2 aromatic rings. The minimum absolute atomic E-state index is 0.362. The normalized spacial score (nSPS) is 19.0. The Kier molecular flexibility index (Phi) is 5.17. The zero-order chi connectivity index (χ0) is 15.4. The molecule has 0 N–H and O–H groups in total. The summed E-state index contributed by atoms with van der Waals surface area (Å²) >= 11 is 1.48. The van der Waals surface area contributed by atoms with E-state index in [1.165, 1.54) is 24.6 Å². The molecule has 1 fully saturated rings. The van der Waals surface area contributed by atoms with E-state index in [2.05, 4.69) is 22.1 Å². The Morgan fingerprint density at radius 1 is 1.41 bits per heavy atom. The zero-order valence-corrected chi connectivity index (χ0v) is 13.9. The molecule has 1 saturated heterocycles. The number of rotatable bonds is 6. The maximum absolute atomic E-state index is 5.87. The Labute approximate surface area is 134 Å². The first-order valence-corrected chi connectivity index (χ1v) is 8.43. The minimum Gasteiger partial charge on any atom is -0.453 e. The van der Waals surface area contributed by atoms with Crippen LogP contribution in [0.2, 0.25) is 0 Å². The summed E-state index contributed by atoms with van der Waals surface area (Å²) in [6, 6.07) is 4.01. The number of furan rings is 1. The number of hydrogen-bond donors (Lipinski definition) is 0. The van der Waals surface area contributed by atoms with E-state index in [1.54, 1.807) is 6.33 Å². The summed E-state index contributed by atoms with van der Waals surface area (Å²) in [5, 5.41) is 9.58. The van der Waals surface area contributed by atoms with Crippen molar-refractivity contribution < 1.29 is 9.15 Å². The lowest BCUT2D eigenvalue weighted by atomic mass is 10.1. The van der Waals surface area contributed by atoms with Crippen molar-refractivity contribution in [1.82, 2.24) is 19.7 Å². The van der Waals surface area contributed by atoms with Gasteiger partial charge in [0.2, 0.25) is 0 Å². The van der Waals surface area contributed by atoms with Gasteiger partial charge in [-0.05, 0) is 50.2 Å². The van der Waals surface area contributed by atoms with Crippen LogP contribution < -0.4 is 0 Å². The predicted molar refractivity (Wildman–Crippen MR) is 83.8 cm³/mol. The van der Waals surface area contributed by atoms with Gasteiger partial charge < -0.3 is 13.7 Å². The van der Waals surface area contributed by atoms with Gasteiger partial charge in [0.1, 0.15) is 12.1 Å². The van der Waals surface area contributed by atoms with Gasteiger partial charge in [-0.2, -0.15) is 0 Å². The van der Waals surface area contributed by atoms with Gasteiger partial charge in [-0.25, -0.2) is 0 Å². The molecule has 0 spiro atoms. The second-order valence-corrected chi connectivity index (χ2v) is 6.70. The zero-order valence-electron chi connectivity index (χ0n) is 13.1. The van der Waals surface area contributed by atoms with Crippen LogP contribution >= 0.6 is 11.8 Å². The predicted octanol–water partition coefficient (Wildman–Crippen LogP) is 2.56. The van der Waals surface area contributed by atoms with Crippen molar-refractivity contribution in [1.29, 1.82) is 0 Å². The number of hydrogen-bond acceptors (Lipinski definition) is 6. The van der Waals surface area contributed by atoms with Crippen LogP contribution in [0.15, 0.2) is 33.1 Å². The fraction of sp³-hybridized carbons (Fsp3) is 0.600. The van der Waals surface area contributed by atoms with E-state index in [9.17, 15) is 0 Å². The van der Waals surface area contributed by atoms with Crippen LogP contribution in [0.1, 0.15) is 25.0 Å². The molecule has 2 aromatic heterocycles. The monoisotopic (exact) mass is 322 g/mol. The molecule has 0 bridgehead atoms. The van der Waals surface area contributed by atoms with Crippen molar-refractivity contribution in [3.8, 4) is 0 Å². The van der Waals surface area contributed by atoms with Gasteiger partial charge in [-0.1, -0.05) is 0 Å². The third kappa shape index (κ3) is 4.12. The maximum atomic E-state index is 5.87. The van der Waals surface area contributed by atoms with E-state index >= 15 is 0 Å². The molecule has 120 valence electrons. The molecular weight excluding hydrogens is 300 g/mol. The summed E-state index contributed by atoms with van der Waals surface area (Å²) < 4.78 is 13.5. The fourth-order valence-electron chi connectivity index (χ4n) is 2.58. The first kappa shape index (κ1) is 15.6. The third-order valence-electron chi connectivity index (χ3n) is 3.71. The van der Waals surface area contributed by atoms with Gasteiger partial charge in [0.05, 0.1) is 12.6 Å². The van der Waals surface area contributed by atoms with Crippen molar-refractivity contribution in [3.05, 3.63) is 24.2 Å². The number of ether oxygens (including phenoxy) is 1. The largest absolute Gasteiger partial charge is 0.453 e. The molecule has 3 heterocycles.